The summed E-state index contributed by atoms with van der Waals surface area (Å²) >= 11 is 0. The van der Waals surface area contributed by atoms with Crippen LogP contribution in [0, 0.1) is 17.8 Å². The first-order valence-corrected chi connectivity index (χ1v) is 8.77. The highest BCUT2D eigenvalue weighted by molar-refractivity contribution is 5.00. The lowest BCUT2D eigenvalue weighted by Gasteiger charge is -2.21. The highest BCUT2D eigenvalue weighted by atomic mass is 14.2. The maximum absolute atomic E-state index is 2.54. The molecule has 0 spiro atoms. The minimum absolute atomic E-state index is 0.894. The predicted octanol–water partition coefficient (Wildman–Crippen LogP) is 6.76. The first-order valence-electron chi connectivity index (χ1n) is 8.77. The summed E-state index contributed by atoms with van der Waals surface area (Å²) in [5, 5.41) is 0. The van der Waals surface area contributed by atoms with Crippen molar-refractivity contribution in [2.45, 2.75) is 91.9 Å². The van der Waals surface area contributed by atoms with Gasteiger partial charge in [-0.05, 0) is 43.9 Å². The molecular formula is C19H36. The summed E-state index contributed by atoms with van der Waals surface area (Å²) in [7, 11) is 0. The van der Waals surface area contributed by atoms with Gasteiger partial charge in [0, 0.05) is 0 Å². The van der Waals surface area contributed by atoms with Gasteiger partial charge in [-0.25, -0.2) is 0 Å². The molecule has 1 rings (SSSR count). The van der Waals surface area contributed by atoms with Crippen molar-refractivity contribution in [3.8, 4) is 0 Å². The van der Waals surface area contributed by atoms with Gasteiger partial charge in [0.1, 0.15) is 0 Å². The fraction of sp³-hybridized carbons (Fsp3) is 0.895. The van der Waals surface area contributed by atoms with E-state index in [0.717, 1.165) is 17.8 Å². The summed E-state index contributed by atoms with van der Waals surface area (Å²) < 4.78 is 0. The average molecular weight is 264 g/mol. The van der Waals surface area contributed by atoms with E-state index in [-0.39, 0.29) is 0 Å². The average Bonchev–Trinajstić information content (AvgIpc) is 2.38. The molecule has 0 radical (unpaired) electrons. The Morgan fingerprint density at radius 2 is 1.95 bits per heavy atom. The Morgan fingerprint density at radius 3 is 2.68 bits per heavy atom. The zero-order valence-electron chi connectivity index (χ0n) is 13.9. The van der Waals surface area contributed by atoms with Crippen LogP contribution in [0.15, 0.2) is 11.6 Å². The minimum atomic E-state index is 0.894. The third kappa shape index (κ3) is 7.80. The van der Waals surface area contributed by atoms with Gasteiger partial charge < -0.3 is 0 Å². The first-order chi connectivity index (χ1) is 9.11. The van der Waals surface area contributed by atoms with E-state index in [1.54, 1.807) is 5.57 Å². The van der Waals surface area contributed by atoms with Gasteiger partial charge in [0.05, 0.1) is 0 Å². The highest BCUT2D eigenvalue weighted by Crippen LogP contribution is 2.29. The van der Waals surface area contributed by atoms with Crippen LogP contribution in [0.25, 0.3) is 0 Å². The number of rotatable bonds is 4. The van der Waals surface area contributed by atoms with Gasteiger partial charge in [0.2, 0.25) is 0 Å². The van der Waals surface area contributed by atoms with Gasteiger partial charge in [-0.3, -0.25) is 0 Å². The number of hydrogen-bond acceptors (Lipinski definition) is 0. The molecule has 0 fully saturated rings. The number of allylic oxidation sites excluding steroid dienone is 2. The minimum Gasteiger partial charge on any atom is -0.0853 e. The maximum Gasteiger partial charge on any atom is -0.0294 e. The topological polar surface area (TPSA) is 0 Å². The molecule has 0 aromatic carbocycles. The zero-order chi connectivity index (χ0) is 14.1. The van der Waals surface area contributed by atoms with Crippen molar-refractivity contribution in [2.24, 2.45) is 17.8 Å². The molecule has 0 amide bonds. The van der Waals surface area contributed by atoms with E-state index in [0.29, 0.717) is 0 Å². The van der Waals surface area contributed by atoms with Gasteiger partial charge in [-0.2, -0.15) is 0 Å². The summed E-state index contributed by atoms with van der Waals surface area (Å²) in [6.45, 7) is 9.56. The van der Waals surface area contributed by atoms with Crippen LogP contribution >= 0.6 is 0 Å². The van der Waals surface area contributed by atoms with Gasteiger partial charge >= 0.3 is 0 Å². The molecule has 0 aliphatic heterocycles. The van der Waals surface area contributed by atoms with Crippen molar-refractivity contribution in [3.05, 3.63) is 11.6 Å². The summed E-state index contributed by atoms with van der Waals surface area (Å²) in [5.74, 6) is 2.77. The molecule has 0 saturated heterocycles. The third-order valence-electron chi connectivity index (χ3n) is 4.81. The second-order valence-electron chi connectivity index (χ2n) is 7.23. The van der Waals surface area contributed by atoms with E-state index in [1.807, 2.05) is 0 Å². The fourth-order valence-corrected chi connectivity index (χ4v) is 3.64. The largest absolute Gasteiger partial charge is 0.0853 e. The monoisotopic (exact) mass is 264 g/mol. The SMILES string of the molecule is CCCC(C)CC1CCCCCC(C)CC=C(C)C1. The second-order valence-corrected chi connectivity index (χ2v) is 7.23. The van der Waals surface area contributed by atoms with Gasteiger partial charge in [-0.15, -0.1) is 0 Å². The summed E-state index contributed by atoms with van der Waals surface area (Å²) in [6, 6.07) is 0. The smallest absolute Gasteiger partial charge is 0.0294 e. The van der Waals surface area contributed by atoms with Crippen LogP contribution in [0.4, 0.5) is 0 Å². The van der Waals surface area contributed by atoms with Crippen molar-refractivity contribution in [1.82, 2.24) is 0 Å². The van der Waals surface area contributed by atoms with E-state index in [4.69, 9.17) is 0 Å². The summed E-state index contributed by atoms with van der Waals surface area (Å²) in [6.07, 6.45) is 16.7. The van der Waals surface area contributed by atoms with Crippen LogP contribution in [0.2, 0.25) is 0 Å². The standard InChI is InChI=1S/C19H36/c1-5-9-17(3)14-19-11-8-6-7-10-16(2)12-13-18(4)15-19/h13,16-17,19H,5-12,14-15H2,1-4H3. The number of hydrogen-bond donors (Lipinski definition) is 0. The molecule has 0 heteroatoms. The molecule has 0 aromatic heterocycles. The Balaban J connectivity index is 2.52. The van der Waals surface area contributed by atoms with E-state index in [1.165, 1.54) is 64.2 Å². The summed E-state index contributed by atoms with van der Waals surface area (Å²) in [4.78, 5) is 0. The molecule has 1 aliphatic rings. The molecule has 0 nitrogen and oxygen atoms in total. The van der Waals surface area contributed by atoms with E-state index < -0.39 is 0 Å². The van der Waals surface area contributed by atoms with Crippen LogP contribution in [0.1, 0.15) is 91.9 Å². The van der Waals surface area contributed by atoms with E-state index in [2.05, 4.69) is 33.8 Å². The Morgan fingerprint density at radius 1 is 1.21 bits per heavy atom. The Kier molecular flexibility index (Phi) is 8.50. The predicted molar refractivity (Wildman–Crippen MR) is 87.4 cm³/mol. The second kappa shape index (κ2) is 9.61. The maximum atomic E-state index is 2.54. The van der Waals surface area contributed by atoms with Crippen molar-refractivity contribution in [3.63, 3.8) is 0 Å². The molecule has 0 saturated carbocycles. The Hall–Kier alpha value is -0.260. The fourth-order valence-electron chi connectivity index (χ4n) is 3.64. The van der Waals surface area contributed by atoms with Crippen LogP contribution in [0.3, 0.4) is 0 Å². The van der Waals surface area contributed by atoms with Gasteiger partial charge in [0.15, 0.2) is 0 Å². The van der Waals surface area contributed by atoms with Crippen molar-refractivity contribution < 1.29 is 0 Å². The Labute approximate surface area is 122 Å². The van der Waals surface area contributed by atoms with Crippen molar-refractivity contribution in [2.75, 3.05) is 0 Å². The quantitative estimate of drug-likeness (QED) is 0.492. The van der Waals surface area contributed by atoms with Crippen molar-refractivity contribution in [1.29, 1.82) is 0 Å². The van der Waals surface area contributed by atoms with Crippen molar-refractivity contribution >= 4 is 0 Å². The molecular weight excluding hydrogens is 228 g/mol. The molecule has 3 unspecified atom stereocenters. The van der Waals surface area contributed by atoms with Gasteiger partial charge in [0.25, 0.3) is 0 Å². The third-order valence-corrected chi connectivity index (χ3v) is 4.81. The Bertz CT molecular complexity index is 251. The molecule has 1 aliphatic carbocycles. The molecule has 0 aromatic rings. The van der Waals surface area contributed by atoms with Crippen LogP contribution in [0.5, 0.6) is 0 Å². The molecule has 0 bridgehead atoms. The molecule has 112 valence electrons. The zero-order valence-corrected chi connectivity index (χ0v) is 13.9. The lowest BCUT2D eigenvalue weighted by molar-refractivity contribution is 0.340. The molecule has 0 heterocycles. The summed E-state index contributed by atoms with van der Waals surface area (Å²) in [5.41, 5.74) is 1.66. The first kappa shape index (κ1) is 16.8. The lowest BCUT2D eigenvalue weighted by Crippen LogP contribution is -2.07. The van der Waals surface area contributed by atoms with Crippen LogP contribution < -0.4 is 0 Å². The van der Waals surface area contributed by atoms with E-state index in [9.17, 15) is 0 Å². The normalized spacial score (nSPS) is 28.3. The molecule has 19 heavy (non-hydrogen) atoms. The van der Waals surface area contributed by atoms with Crippen LogP contribution in [-0.4, -0.2) is 0 Å². The lowest BCUT2D eigenvalue weighted by atomic mass is 9.85. The van der Waals surface area contributed by atoms with Crippen LogP contribution in [-0.2, 0) is 0 Å². The van der Waals surface area contributed by atoms with Gasteiger partial charge in [-0.1, -0.05) is 77.4 Å². The molecule has 3 atom stereocenters. The molecule has 0 N–H and O–H groups in total. The highest BCUT2D eigenvalue weighted by Gasteiger charge is 2.14. The van der Waals surface area contributed by atoms with E-state index >= 15 is 0 Å².